The van der Waals surface area contributed by atoms with Gasteiger partial charge in [0.05, 0.1) is 12.2 Å². The molecule has 1 aromatic carbocycles. The summed E-state index contributed by atoms with van der Waals surface area (Å²) in [6.45, 7) is 1.05. The summed E-state index contributed by atoms with van der Waals surface area (Å²) in [5.41, 5.74) is 2.47. The number of hydrogen-bond acceptors (Lipinski definition) is 1. The highest BCUT2D eigenvalue weighted by Crippen LogP contribution is 2.25. The van der Waals surface area contributed by atoms with Crippen molar-refractivity contribution in [3.05, 3.63) is 59.9 Å². The van der Waals surface area contributed by atoms with E-state index < -0.39 is 0 Å². The van der Waals surface area contributed by atoms with Crippen LogP contribution in [-0.4, -0.2) is 23.1 Å². The molecule has 24 heavy (non-hydrogen) atoms. The molecular weight excluding hydrogens is 298 g/mol. The zero-order valence-electron chi connectivity index (χ0n) is 14.2. The van der Waals surface area contributed by atoms with Gasteiger partial charge in [-0.2, -0.15) is 0 Å². The summed E-state index contributed by atoms with van der Waals surface area (Å²) in [6, 6.07) is 15.3. The molecule has 2 fully saturated rings. The minimum atomic E-state index is -0.116. The molecule has 1 saturated heterocycles. The Morgan fingerprint density at radius 2 is 1.96 bits per heavy atom. The first kappa shape index (κ1) is 15.5. The average Bonchev–Trinajstić information content (AvgIpc) is 3.10. The van der Waals surface area contributed by atoms with Crippen LogP contribution in [0.25, 0.3) is 0 Å². The van der Waals surface area contributed by atoms with E-state index >= 15 is 0 Å². The molecule has 0 radical (unpaired) electrons. The number of carbonyl (C=O) groups is 1. The monoisotopic (exact) mass is 324 g/mol. The first-order chi connectivity index (χ1) is 11.7. The standard InChI is InChI=1S/C20H25N3O/c1-22-13-5-9-17(22)18-10-6-14-23(18)19(15-7-3-2-4-8-15)20(24)21-16-11-12-16/h2-5,7-9,13,16,18-19H,6,10-12,14H2,1H3,(H,21,24)/p+1/t18-,19+/m1/s1. The van der Waals surface area contributed by atoms with E-state index in [1.807, 2.05) is 18.2 Å². The van der Waals surface area contributed by atoms with Gasteiger partial charge in [0.25, 0.3) is 5.91 Å². The maximum atomic E-state index is 13.0. The summed E-state index contributed by atoms with van der Waals surface area (Å²) < 4.78 is 2.21. The number of hydrogen-bond donors (Lipinski definition) is 2. The predicted octanol–water partition coefficient (Wildman–Crippen LogP) is 1.76. The van der Waals surface area contributed by atoms with Gasteiger partial charge in [-0.15, -0.1) is 0 Å². The number of benzene rings is 1. The van der Waals surface area contributed by atoms with Crippen LogP contribution in [-0.2, 0) is 11.8 Å². The van der Waals surface area contributed by atoms with E-state index in [0.717, 1.165) is 31.4 Å². The molecular formula is C20H26N3O+. The highest BCUT2D eigenvalue weighted by Gasteiger charge is 2.42. The van der Waals surface area contributed by atoms with E-state index in [1.54, 1.807) is 0 Å². The van der Waals surface area contributed by atoms with Gasteiger partial charge < -0.3 is 14.8 Å². The van der Waals surface area contributed by atoms with Crippen molar-refractivity contribution in [2.45, 2.75) is 43.8 Å². The van der Waals surface area contributed by atoms with E-state index in [1.165, 1.54) is 17.0 Å². The highest BCUT2D eigenvalue weighted by molar-refractivity contribution is 5.82. The second-order valence-corrected chi connectivity index (χ2v) is 7.19. The Hall–Kier alpha value is -2.07. The zero-order valence-corrected chi connectivity index (χ0v) is 14.2. The lowest BCUT2D eigenvalue weighted by atomic mass is 10.0. The van der Waals surface area contributed by atoms with Crippen LogP contribution in [0.2, 0.25) is 0 Å². The van der Waals surface area contributed by atoms with Gasteiger partial charge in [0.1, 0.15) is 6.04 Å². The summed E-state index contributed by atoms with van der Waals surface area (Å²) in [6.07, 6.45) is 6.68. The lowest BCUT2D eigenvalue weighted by molar-refractivity contribution is -0.940. The molecule has 1 amide bonds. The molecule has 2 aliphatic rings. The van der Waals surface area contributed by atoms with Gasteiger partial charge in [-0.05, 0) is 25.0 Å². The van der Waals surface area contributed by atoms with Crippen molar-refractivity contribution in [3.8, 4) is 0 Å². The van der Waals surface area contributed by atoms with Crippen LogP contribution in [0, 0.1) is 0 Å². The molecule has 0 bridgehead atoms. The van der Waals surface area contributed by atoms with Crippen LogP contribution in [0.1, 0.15) is 49.0 Å². The van der Waals surface area contributed by atoms with Crippen molar-refractivity contribution in [1.29, 1.82) is 0 Å². The van der Waals surface area contributed by atoms with Gasteiger partial charge >= 0.3 is 0 Å². The largest absolute Gasteiger partial charge is 0.350 e. The first-order valence-corrected chi connectivity index (χ1v) is 9.06. The van der Waals surface area contributed by atoms with Gasteiger partial charge in [-0.25, -0.2) is 0 Å². The molecule has 3 atom stereocenters. The quantitative estimate of drug-likeness (QED) is 0.864. The molecule has 1 saturated carbocycles. The Labute approximate surface area is 143 Å². The molecule has 1 aliphatic heterocycles. The van der Waals surface area contributed by atoms with Crippen molar-refractivity contribution < 1.29 is 9.69 Å². The third-order valence-corrected chi connectivity index (χ3v) is 5.44. The Kier molecular flexibility index (Phi) is 4.15. The smallest absolute Gasteiger partial charge is 0.283 e. The molecule has 4 rings (SSSR count). The summed E-state index contributed by atoms with van der Waals surface area (Å²) >= 11 is 0. The number of quaternary nitrogens is 1. The van der Waals surface area contributed by atoms with Crippen molar-refractivity contribution >= 4 is 5.91 Å². The number of carbonyl (C=O) groups excluding carboxylic acids is 1. The minimum absolute atomic E-state index is 0.116. The molecule has 1 unspecified atom stereocenters. The summed E-state index contributed by atoms with van der Waals surface area (Å²) in [5.74, 6) is 0.194. The fourth-order valence-corrected chi connectivity index (χ4v) is 4.08. The summed E-state index contributed by atoms with van der Waals surface area (Å²) in [4.78, 5) is 14.4. The number of likely N-dealkylation sites (tertiary alicyclic amines) is 1. The average molecular weight is 324 g/mol. The van der Waals surface area contributed by atoms with E-state index in [4.69, 9.17) is 0 Å². The lowest BCUT2D eigenvalue weighted by Crippen LogP contribution is -3.12. The van der Waals surface area contributed by atoms with Crippen molar-refractivity contribution in [2.75, 3.05) is 6.54 Å². The Bertz CT molecular complexity index is 705. The van der Waals surface area contributed by atoms with Gasteiger partial charge in [-0.1, -0.05) is 30.3 Å². The number of rotatable bonds is 5. The van der Waals surface area contributed by atoms with Crippen molar-refractivity contribution in [2.24, 2.45) is 7.05 Å². The zero-order chi connectivity index (χ0) is 16.5. The van der Waals surface area contributed by atoms with E-state index in [2.05, 4.69) is 47.4 Å². The molecule has 1 aromatic heterocycles. The predicted molar refractivity (Wildman–Crippen MR) is 93.6 cm³/mol. The first-order valence-electron chi connectivity index (χ1n) is 9.06. The molecule has 2 aromatic rings. The number of nitrogens with zero attached hydrogens (tertiary/aromatic N) is 1. The number of aromatic nitrogens is 1. The van der Waals surface area contributed by atoms with Crippen LogP contribution >= 0.6 is 0 Å². The summed E-state index contributed by atoms with van der Waals surface area (Å²) in [7, 11) is 2.10. The van der Waals surface area contributed by atoms with Crippen LogP contribution in [0.5, 0.6) is 0 Å². The lowest BCUT2D eigenvalue weighted by Gasteiger charge is -2.30. The molecule has 0 spiro atoms. The molecule has 1 aliphatic carbocycles. The molecule has 126 valence electrons. The molecule has 2 N–H and O–H groups in total. The third kappa shape index (κ3) is 2.98. The Morgan fingerprint density at radius 1 is 1.17 bits per heavy atom. The topological polar surface area (TPSA) is 38.5 Å². The maximum Gasteiger partial charge on any atom is 0.283 e. The number of nitrogens with one attached hydrogen (secondary N) is 2. The van der Waals surface area contributed by atoms with E-state index in [-0.39, 0.29) is 11.9 Å². The minimum Gasteiger partial charge on any atom is -0.350 e. The fourth-order valence-electron chi connectivity index (χ4n) is 4.08. The van der Waals surface area contributed by atoms with Crippen LogP contribution in [0.15, 0.2) is 48.7 Å². The number of amides is 1. The summed E-state index contributed by atoms with van der Waals surface area (Å²) in [5, 5.41) is 3.24. The Balaban J connectivity index is 1.66. The fraction of sp³-hybridized carbons (Fsp3) is 0.450. The SMILES string of the molecule is Cn1cccc1[C@H]1CCC[NH+]1[C@H](C(=O)NC1CC1)c1ccccc1. The Morgan fingerprint density at radius 3 is 2.62 bits per heavy atom. The van der Waals surface area contributed by atoms with E-state index in [9.17, 15) is 4.79 Å². The normalized spacial score (nSPS) is 24.7. The maximum absolute atomic E-state index is 13.0. The van der Waals surface area contributed by atoms with Crippen LogP contribution in [0.3, 0.4) is 0 Å². The van der Waals surface area contributed by atoms with Gasteiger partial charge in [0, 0.05) is 37.7 Å². The van der Waals surface area contributed by atoms with Crippen molar-refractivity contribution in [3.63, 3.8) is 0 Å². The van der Waals surface area contributed by atoms with Gasteiger partial charge in [0.15, 0.2) is 6.04 Å². The number of aryl methyl sites for hydroxylation is 1. The molecule has 4 heteroatoms. The van der Waals surface area contributed by atoms with Gasteiger partial charge in [-0.3, -0.25) is 4.79 Å². The van der Waals surface area contributed by atoms with E-state index in [0.29, 0.717) is 12.1 Å². The second-order valence-electron chi connectivity index (χ2n) is 7.19. The van der Waals surface area contributed by atoms with Crippen LogP contribution in [0.4, 0.5) is 0 Å². The van der Waals surface area contributed by atoms with Crippen LogP contribution < -0.4 is 10.2 Å². The van der Waals surface area contributed by atoms with Gasteiger partial charge in [0.2, 0.25) is 0 Å². The molecule has 2 heterocycles. The second kappa shape index (κ2) is 6.44. The highest BCUT2D eigenvalue weighted by atomic mass is 16.2. The van der Waals surface area contributed by atoms with Crippen molar-refractivity contribution in [1.82, 2.24) is 9.88 Å². The molecule has 4 nitrogen and oxygen atoms in total. The third-order valence-electron chi connectivity index (χ3n) is 5.44.